The predicted octanol–water partition coefficient (Wildman–Crippen LogP) is 3.72. The molecule has 2 aromatic carbocycles. The molecule has 0 aromatic heterocycles. The Morgan fingerprint density at radius 1 is 1.00 bits per heavy atom. The summed E-state index contributed by atoms with van der Waals surface area (Å²) in [4.78, 5) is 14.2. The molecule has 0 saturated carbocycles. The van der Waals surface area contributed by atoms with E-state index in [0.29, 0.717) is 5.92 Å². The van der Waals surface area contributed by atoms with Gasteiger partial charge < -0.3 is 4.90 Å². The van der Waals surface area contributed by atoms with Crippen LogP contribution in [0, 0.1) is 0 Å². The molecule has 2 heteroatoms. The molecule has 0 radical (unpaired) electrons. The smallest absolute Gasteiger partial charge is 0.246 e. The summed E-state index contributed by atoms with van der Waals surface area (Å²) in [7, 11) is 0. The molecule has 2 nitrogen and oxygen atoms in total. The molecule has 1 fully saturated rings. The fourth-order valence-corrected chi connectivity index (χ4v) is 2.79. The van der Waals surface area contributed by atoms with Crippen LogP contribution in [0.3, 0.4) is 0 Å². The van der Waals surface area contributed by atoms with Crippen molar-refractivity contribution in [3.05, 3.63) is 77.9 Å². The Balaban J connectivity index is 1.61. The van der Waals surface area contributed by atoms with E-state index in [-0.39, 0.29) is 5.91 Å². The average Bonchev–Trinajstić information content (AvgIpc) is 3.04. The molecule has 0 bridgehead atoms. The predicted molar refractivity (Wildman–Crippen MR) is 85.9 cm³/mol. The number of nitrogens with zero attached hydrogens (tertiary/aromatic N) is 1. The lowest BCUT2D eigenvalue weighted by Gasteiger charge is -2.14. The zero-order chi connectivity index (χ0) is 14.5. The fraction of sp³-hybridized carbons (Fsp3) is 0.211. The SMILES string of the molecule is O=C(/C=C/c1ccccc1)N1CC[C@@H](c2ccccc2)C1. The number of hydrogen-bond donors (Lipinski definition) is 0. The minimum absolute atomic E-state index is 0.109. The Labute approximate surface area is 125 Å². The van der Waals surface area contributed by atoms with Crippen molar-refractivity contribution in [2.45, 2.75) is 12.3 Å². The minimum Gasteiger partial charge on any atom is -0.339 e. The normalized spacial score (nSPS) is 18.3. The summed E-state index contributed by atoms with van der Waals surface area (Å²) in [5, 5.41) is 0. The molecule has 0 unspecified atom stereocenters. The maximum absolute atomic E-state index is 12.2. The Kier molecular flexibility index (Phi) is 4.15. The molecule has 2 aromatic rings. The van der Waals surface area contributed by atoms with E-state index in [1.807, 2.05) is 47.4 Å². The van der Waals surface area contributed by atoms with Crippen LogP contribution in [0.5, 0.6) is 0 Å². The molecule has 0 aliphatic carbocycles. The van der Waals surface area contributed by atoms with E-state index in [0.717, 1.165) is 25.1 Å². The zero-order valence-corrected chi connectivity index (χ0v) is 12.0. The molecular weight excluding hydrogens is 258 g/mol. The van der Waals surface area contributed by atoms with Gasteiger partial charge in [-0.2, -0.15) is 0 Å². The lowest BCUT2D eigenvalue weighted by Crippen LogP contribution is -2.26. The van der Waals surface area contributed by atoms with Gasteiger partial charge in [-0.15, -0.1) is 0 Å². The van der Waals surface area contributed by atoms with Gasteiger partial charge in [-0.1, -0.05) is 60.7 Å². The van der Waals surface area contributed by atoms with Crippen molar-refractivity contribution in [2.75, 3.05) is 13.1 Å². The van der Waals surface area contributed by atoms with Crippen LogP contribution in [-0.2, 0) is 4.79 Å². The van der Waals surface area contributed by atoms with E-state index in [1.54, 1.807) is 6.08 Å². The number of rotatable bonds is 3. The number of amides is 1. The van der Waals surface area contributed by atoms with Gasteiger partial charge in [-0.05, 0) is 23.6 Å². The standard InChI is InChI=1S/C19H19NO/c21-19(12-11-16-7-3-1-4-8-16)20-14-13-18(15-20)17-9-5-2-6-10-17/h1-12,18H,13-15H2/b12-11+/t18-/m1/s1. The second-order valence-electron chi connectivity index (χ2n) is 5.42. The first-order valence-electron chi connectivity index (χ1n) is 7.40. The van der Waals surface area contributed by atoms with Gasteiger partial charge in [-0.25, -0.2) is 0 Å². The van der Waals surface area contributed by atoms with Crippen molar-refractivity contribution in [2.24, 2.45) is 0 Å². The molecular formula is C19H19NO. The number of carbonyl (C=O) groups excluding carboxylic acids is 1. The van der Waals surface area contributed by atoms with E-state index in [1.165, 1.54) is 5.56 Å². The number of hydrogen-bond acceptors (Lipinski definition) is 1. The summed E-state index contributed by atoms with van der Waals surface area (Å²) in [5.74, 6) is 0.581. The second kappa shape index (κ2) is 6.40. The van der Waals surface area contributed by atoms with Crippen LogP contribution in [0.4, 0.5) is 0 Å². The third-order valence-corrected chi connectivity index (χ3v) is 3.99. The highest BCUT2D eigenvalue weighted by Gasteiger charge is 2.25. The molecule has 1 aliphatic heterocycles. The van der Waals surface area contributed by atoms with Crippen molar-refractivity contribution in [3.63, 3.8) is 0 Å². The number of carbonyl (C=O) groups is 1. The first-order valence-corrected chi connectivity index (χ1v) is 7.40. The Bertz CT molecular complexity index is 619. The lowest BCUT2D eigenvalue weighted by atomic mass is 9.99. The largest absolute Gasteiger partial charge is 0.339 e. The van der Waals surface area contributed by atoms with Crippen LogP contribution in [0.25, 0.3) is 6.08 Å². The van der Waals surface area contributed by atoms with Gasteiger partial charge in [0.2, 0.25) is 5.91 Å². The number of likely N-dealkylation sites (tertiary alicyclic amines) is 1. The lowest BCUT2D eigenvalue weighted by molar-refractivity contribution is -0.124. The van der Waals surface area contributed by atoms with Gasteiger partial charge in [-0.3, -0.25) is 4.79 Å². The molecule has 21 heavy (non-hydrogen) atoms. The summed E-state index contributed by atoms with van der Waals surface area (Å²) in [6.45, 7) is 1.67. The van der Waals surface area contributed by atoms with Crippen LogP contribution in [0.2, 0.25) is 0 Å². The third kappa shape index (κ3) is 3.40. The van der Waals surface area contributed by atoms with Gasteiger partial charge in [0, 0.05) is 25.1 Å². The number of benzene rings is 2. The molecule has 3 rings (SSSR count). The van der Waals surface area contributed by atoms with Crippen LogP contribution in [0.15, 0.2) is 66.7 Å². The summed E-state index contributed by atoms with van der Waals surface area (Å²) < 4.78 is 0. The minimum atomic E-state index is 0.109. The molecule has 0 spiro atoms. The average molecular weight is 277 g/mol. The zero-order valence-electron chi connectivity index (χ0n) is 12.0. The second-order valence-corrected chi connectivity index (χ2v) is 5.42. The third-order valence-electron chi connectivity index (χ3n) is 3.99. The van der Waals surface area contributed by atoms with Crippen molar-refractivity contribution in [3.8, 4) is 0 Å². The molecule has 1 amide bonds. The first-order chi connectivity index (χ1) is 10.3. The van der Waals surface area contributed by atoms with Crippen LogP contribution >= 0.6 is 0 Å². The molecule has 1 heterocycles. The van der Waals surface area contributed by atoms with Crippen molar-refractivity contribution < 1.29 is 4.79 Å². The Hall–Kier alpha value is -2.35. The van der Waals surface area contributed by atoms with E-state index >= 15 is 0 Å². The molecule has 1 saturated heterocycles. The first kappa shape index (κ1) is 13.6. The Morgan fingerprint density at radius 2 is 1.67 bits per heavy atom. The van der Waals surface area contributed by atoms with Crippen molar-refractivity contribution in [1.82, 2.24) is 4.90 Å². The maximum Gasteiger partial charge on any atom is 0.246 e. The summed E-state index contributed by atoms with van der Waals surface area (Å²) in [6, 6.07) is 20.4. The van der Waals surface area contributed by atoms with Crippen LogP contribution < -0.4 is 0 Å². The summed E-state index contributed by atoms with van der Waals surface area (Å²) in [6.07, 6.45) is 4.62. The Morgan fingerprint density at radius 3 is 2.38 bits per heavy atom. The van der Waals surface area contributed by atoms with E-state index in [2.05, 4.69) is 24.3 Å². The quantitative estimate of drug-likeness (QED) is 0.783. The van der Waals surface area contributed by atoms with Gasteiger partial charge in [0.15, 0.2) is 0 Å². The topological polar surface area (TPSA) is 20.3 Å². The monoisotopic (exact) mass is 277 g/mol. The summed E-state index contributed by atoms with van der Waals surface area (Å²) >= 11 is 0. The molecule has 1 aliphatic rings. The van der Waals surface area contributed by atoms with Crippen LogP contribution in [-0.4, -0.2) is 23.9 Å². The highest BCUT2D eigenvalue weighted by Crippen LogP contribution is 2.27. The van der Waals surface area contributed by atoms with Crippen LogP contribution in [0.1, 0.15) is 23.5 Å². The van der Waals surface area contributed by atoms with Gasteiger partial charge in [0.1, 0.15) is 0 Å². The maximum atomic E-state index is 12.2. The highest BCUT2D eigenvalue weighted by molar-refractivity contribution is 5.92. The molecule has 1 atom stereocenters. The molecule has 106 valence electrons. The van der Waals surface area contributed by atoms with Crippen molar-refractivity contribution in [1.29, 1.82) is 0 Å². The molecule has 0 N–H and O–H groups in total. The van der Waals surface area contributed by atoms with E-state index in [4.69, 9.17) is 0 Å². The fourth-order valence-electron chi connectivity index (χ4n) is 2.79. The van der Waals surface area contributed by atoms with Gasteiger partial charge in [0.25, 0.3) is 0 Å². The van der Waals surface area contributed by atoms with Gasteiger partial charge >= 0.3 is 0 Å². The van der Waals surface area contributed by atoms with Crippen molar-refractivity contribution >= 4 is 12.0 Å². The highest BCUT2D eigenvalue weighted by atomic mass is 16.2. The van der Waals surface area contributed by atoms with E-state index < -0.39 is 0 Å². The van der Waals surface area contributed by atoms with Gasteiger partial charge in [0.05, 0.1) is 0 Å². The summed E-state index contributed by atoms with van der Waals surface area (Å²) in [5.41, 5.74) is 2.39. The van der Waals surface area contributed by atoms with E-state index in [9.17, 15) is 4.79 Å².